The number of hydrogen-bond donors (Lipinski definition) is 2. The first kappa shape index (κ1) is 22.1. The highest BCUT2D eigenvalue weighted by Gasteiger charge is 2.24. The van der Waals surface area contributed by atoms with E-state index in [0.717, 1.165) is 37.1 Å². The van der Waals surface area contributed by atoms with Crippen LogP contribution in [0.25, 0.3) is 0 Å². The molecule has 0 saturated carbocycles. The quantitative estimate of drug-likeness (QED) is 0.372. The van der Waals surface area contributed by atoms with E-state index in [2.05, 4.69) is 34.4 Å². The lowest BCUT2D eigenvalue weighted by atomic mass is 10.1. The SMILES string of the molecule is CCNC(=NCC(=O)NCc1ccco1)N1CCSC(C(C)C)C1.I. The predicted octanol–water partition coefficient (Wildman–Crippen LogP) is 2.55. The van der Waals surface area contributed by atoms with Crippen molar-refractivity contribution in [3.05, 3.63) is 24.2 Å². The molecule has 1 aliphatic rings. The van der Waals surface area contributed by atoms with Crippen molar-refractivity contribution in [2.24, 2.45) is 10.9 Å². The Labute approximate surface area is 171 Å². The monoisotopic (exact) mass is 480 g/mol. The van der Waals surface area contributed by atoms with Gasteiger partial charge in [0.2, 0.25) is 5.91 Å². The topological polar surface area (TPSA) is 69.9 Å². The lowest BCUT2D eigenvalue weighted by Gasteiger charge is -2.36. The van der Waals surface area contributed by atoms with Gasteiger partial charge in [0, 0.05) is 30.6 Å². The van der Waals surface area contributed by atoms with Crippen molar-refractivity contribution in [2.75, 3.05) is 31.9 Å². The molecule has 2 rings (SSSR count). The van der Waals surface area contributed by atoms with Gasteiger partial charge in [-0.1, -0.05) is 13.8 Å². The molecule has 1 amide bonds. The van der Waals surface area contributed by atoms with E-state index in [1.807, 2.05) is 30.8 Å². The van der Waals surface area contributed by atoms with Gasteiger partial charge in [0.25, 0.3) is 0 Å². The van der Waals surface area contributed by atoms with Gasteiger partial charge in [-0.25, -0.2) is 4.99 Å². The maximum Gasteiger partial charge on any atom is 0.242 e. The van der Waals surface area contributed by atoms with E-state index >= 15 is 0 Å². The molecule has 1 aromatic rings. The number of halogens is 1. The van der Waals surface area contributed by atoms with E-state index in [-0.39, 0.29) is 36.4 Å². The normalized spacial score (nSPS) is 18.0. The Morgan fingerprint density at radius 1 is 1.48 bits per heavy atom. The van der Waals surface area contributed by atoms with Crippen molar-refractivity contribution in [2.45, 2.75) is 32.6 Å². The Balaban J connectivity index is 0.00000312. The molecule has 6 nitrogen and oxygen atoms in total. The summed E-state index contributed by atoms with van der Waals surface area (Å²) in [6.07, 6.45) is 1.60. The maximum absolute atomic E-state index is 12.0. The van der Waals surface area contributed by atoms with E-state index in [0.29, 0.717) is 17.7 Å². The molecule has 0 spiro atoms. The first-order chi connectivity index (χ1) is 11.6. The molecule has 2 heterocycles. The van der Waals surface area contributed by atoms with Crippen LogP contribution in [0.4, 0.5) is 0 Å². The van der Waals surface area contributed by atoms with Crippen LogP contribution in [0, 0.1) is 5.92 Å². The zero-order valence-electron chi connectivity index (χ0n) is 15.2. The number of aliphatic imine (C=N–C) groups is 1. The molecule has 0 aromatic carbocycles. The fraction of sp³-hybridized carbons (Fsp3) is 0.647. The van der Waals surface area contributed by atoms with Gasteiger partial charge in [-0.2, -0.15) is 11.8 Å². The van der Waals surface area contributed by atoms with Crippen LogP contribution in [0.2, 0.25) is 0 Å². The number of carbonyl (C=O) groups excluding carboxylic acids is 1. The number of rotatable bonds is 6. The fourth-order valence-electron chi connectivity index (χ4n) is 2.50. The Bertz CT molecular complexity index is 537. The second kappa shape index (κ2) is 11.7. The highest BCUT2D eigenvalue weighted by atomic mass is 127. The molecule has 0 radical (unpaired) electrons. The molecule has 2 N–H and O–H groups in total. The van der Waals surface area contributed by atoms with Crippen LogP contribution < -0.4 is 10.6 Å². The molecular formula is C17H29IN4O2S. The van der Waals surface area contributed by atoms with E-state index in [1.54, 1.807) is 6.26 Å². The molecule has 1 fully saturated rings. The summed E-state index contributed by atoms with van der Waals surface area (Å²) in [7, 11) is 0. The third kappa shape index (κ3) is 7.47. The molecule has 0 bridgehead atoms. The first-order valence-corrected chi connectivity index (χ1v) is 9.59. The Morgan fingerprint density at radius 2 is 2.28 bits per heavy atom. The summed E-state index contributed by atoms with van der Waals surface area (Å²) >= 11 is 2.03. The smallest absolute Gasteiger partial charge is 0.242 e. The zero-order chi connectivity index (χ0) is 17.4. The number of hydrogen-bond acceptors (Lipinski definition) is 4. The zero-order valence-corrected chi connectivity index (χ0v) is 18.3. The van der Waals surface area contributed by atoms with Gasteiger partial charge >= 0.3 is 0 Å². The lowest BCUT2D eigenvalue weighted by molar-refractivity contribution is -0.119. The van der Waals surface area contributed by atoms with Gasteiger partial charge in [0.15, 0.2) is 5.96 Å². The van der Waals surface area contributed by atoms with Gasteiger partial charge in [0.05, 0.1) is 12.8 Å². The fourth-order valence-corrected chi connectivity index (χ4v) is 3.80. The number of carbonyl (C=O) groups is 1. The van der Waals surface area contributed by atoms with Gasteiger partial charge in [0.1, 0.15) is 12.3 Å². The number of furan rings is 1. The summed E-state index contributed by atoms with van der Waals surface area (Å²) in [6.45, 7) is 9.82. The molecule has 1 atom stereocenters. The summed E-state index contributed by atoms with van der Waals surface area (Å²) in [5.41, 5.74) is 0. The molecule has 1 saturated heterocycles. The van der Waals surface area contributed by atoms with E-state index in [9.17, 15) is 4.79 Å². The minimum atomic E-state index is -0.103. The van der Waals surface area contributed by atoms with Crippen LogP contribution in [0.15, 0.2) is 27.8 Å². The van der Waals surface area contributed by atoms with Gasteiger partial charge in [-0.3, -0.25) is 4.79 Å². The van der Waals surface area contributed by atoms with Crippen molar-refractivity contribution in [1.82, 2.24) is 15.5 Å². The van der Waals surface area contributed by atoms with Crippen LogP contribution in [-0.2, 0) is 11.3 Å². The number of nitrogens with zero attached hydrogens (tertiary/aromatic N) is 2. The standard InChI is InChI=1S/C17H28N4O2S.HI/c1-4-18-17(21-7-9-24-15(12-21)13(2)3)20-11-16(22)19-10-14-6-5-8-23-14;/h5-6,8,13,15H,4,7,9-12H2,1-3H3,(H,18,20)(H,19,22);1H. The van der Waals surface area contributed by atoms with Crippen LogP contribution in [-0.4, -0.2) is 53.9 Å². The molecule has 142 valence electrons. The van der Waals surface area contributed by atoms with Crippen molar-refractivity contribution in [3.63, 3.8) is 0 Å². The molecule has 1 aliphatic heterocycles. The van der Waals surface area contributed by atoms with Crippen molar-refractivity contribution < 1.29 is 9.21 Å². The van der Waals surface area contributed by atoms with E-state index < -0.39 is 0 Å². The average molecular weight is 480 g/mol. The molecule has 1 unspecified atom stereocenters. The molecule has 25 heavy (non-hydrogen) atoms. The van der Waals surface area contributed by atoms with Gasteiger partial charge < -0.3 is 20.0 Å². The molecule has 8 heteroatoms. The minimum absolute atomic E-state index is 0. The van der Waals surface area contributed by atoms with E-state index in [4.69, 9.17) is 4.42 Å². The van der Waals surface area contributed by atoms with Crippen LogP contribution in [0.1, 0.15) is 26.5 Å². The largest absolute Gasteiger partial charge is 0.467 e. The Kier molecular flexibility index (Phi) is 10.3. The number of guanidine groups is 1. The number of nitrogens with one attached hydrogen (secondary N) is 2. The van der Waals surface area contributed by atoms with Crippen LogP contribution in [0.3, 0.4) is 0 Å². The van der Waals surface area contributed by atoms with Crippen LogP contribution in [0.5, 0.6) is 0 Å². The second-order valence-corrected chi connectivity index (χ2v) is 7.47. The summed E-state index contributed by atoms with van der Waals surface area (Å²) in [6, 6.07) is 3.65. The van der Waals surface area contributed by atoms with Crippen molar-refractivity contribution in [3.8, 4) is 0 Å². The summed E-state index contributed by atoms with van der Waals surface area (Å²) in [4.78, 5) is 18.8. The number of amides is 1. The third-order valence-electron chi connectivity index (χ3n) is 3.88. The number of thioether (sulfide) groups is 1. The molecule has 0 aliphatic carbocycles. The lowest BCUT2D eigenvalue weighted by Crippen LogP contribution is -2.49. The second-order valence-electron chi connectivity index (χ2n) is 6.13. The van der Waals surface area contributed by atoms with Gasteiger partial charge in [-0.05, 0) is 25.0 Å². The maximum atomic E-state index is 12.0. The highest BCUT2D eigenvalue weighted by Crippen LogP contribution is 2.24. The highest BCUT2D eigenvalue weighted by molar-refractivity contribution is 14.0. The molecule has 1 aromatic heterocycles. The van der Waals surface area contributed by atoms with Crippen molar-refractivity contribution >= 4 is 47.6 Å². The Hall–Kier alpha value is -0.900. The predicted molar refractivity (Wildman–Crippen MR) is 115 cm³/mol. The Morgan fingerprint density at radius 3 is 2.92 bits per heavy atom. The summed E-state index contributed by atoms with van der Waals surface area (Å²) < 4.78 is 5.20. The van der Waals surface area contributed by atoms with Crippen LogP contribution >= 0.6 is 35.7 Å². The summed E-state index contributed by atoms with van der Waals surface area (Å²) in [5, 5.41) is 6.73. The van der Waals surface area contributed by atoms with E-state index in [1.165, 1.54) is 0 Å². The summed E-state index contributed by atoms with van der Waals surface area (Å²) in [5.74, 6) is 3.20. The van der Waals surface area contributed by atoms with Crippen molar-refractivity contribution in [1.29, 1.82) is 0 Å². The van der Waals surface area contributed by atoms with Gasteiger partial charge in [-0.15, -0.1) is 24.0 Å². The third-order valence-corrected chi connectivity index (χ3v) is 5.42. The minimum Gasteiger partial charge on any atom is -0.467 e. The average Bonchev–Trinajstić information content (AvgIpc) is 3.10. The first-order valence-electron chi connectivity index (χ1n) is 8.54. The molecular weight excluding hydrogens is 451 g/mol.